The molecule has 0 aromatic carbocycles. The van der Waals surface area contributed by atoms with Crippen LogP contribution in [0.25, 0.3) is 0 Å². The third-order valence-electron chi connectivity index (χ3n) is 9.73. The van der Waals surface area contributed by atoms with Crippen molar-refractivity contribution in [2.75, 3.05) is 13.2 Å². The number of unbranched alkanes of at least 4 members (excludes halogenated alkanes) is 13. The van der Waals surface area contributed by atoms with Gasteiger partial charge in [0.05, 0.1) is 0 Å². The van der Waals surface area contributed by atoms with Crippen LogP contribution in [0, 0.1) is 0 Å². The van der Waals surface area contributed by atoms with Crippen molar-refractivity contribution in [3.05, 3.63) is 109 Å². The van der Waals surface area contributed by atoms with Crippen LogP contribution in [0.5, 0.6) is 0 Å². The fourth-order valence-electron chi connectivity index (χ4n) is 6.05. The molecule has 0 spiro atoms. The second-order valence-electron chi connectivity index (χ2n) is 15.6. The first-order chi connectivity index (χ1) is 30.0. The molecule has 0 aliphatic carbocycles. The molecule has 0 bridgehead atoms. The summed E-state index contributed by atoms with van der Waals surface area (Å²) in [5, 5.41) is 0. The van der Waals surface area contributed by atoms with Gasteiger partial charge in [-0.1, -0.05) is 175 Å². The highest BCUT2D eigenvalue weighted by molar-refractivity contribution is 5.71. The highest BCUT2D eigenvalue weighted by Crippen LogP contribution is 2.11. The lowest BCUT2D eigenvalue weighted by Crippen LogP contribution is -2.30. The molecule has 0 N–H and O–H groups in total. The monoisotopic (exact) mass is 845 g/mol. The van der Waals surface area contributed by atoms with E-state index in [-0.39, 0.29) is 37.5 Å². The first-order valence-electron chi connectivity index (χ1n) is 24.4. The Balaban J connectivity index is 4.55. The normalized spacial score (nSPS) is 13.0. The van der Waals surface area contributed by atoms with Crippen LogP contribution in [0.3, 0.4) is 0 Å². The maximum absolute atomic E-state index is 12.7. The molecule has 6 heteroatoms. The topological polar surface area (TPSA) is 78.9 Å². The molecular formula is C55H88O6. The predicted octanol–water partition coefficient (Wildman–Crippen LogP) is 16.0. The molecule has 0 rings (SSSR count). The molecule has 0 aromatic heterocycles. The summed E-state index contributed by atoms with van der Waals surface area (Å²) in [5.41, 5.74) is 0. The Morgan fingerprint density at radius 2 is 0.672 bits per heavy atom. The second-order valence-corrected chi connectivity index (χ2v) is 15.6. The second kappa shape index (κ2) is 48.7. The van der Waals surface area contributed by atoms with Gasteiger partial charge in [0.15, 0.2) is 6.10 Å². The van der Waals surface area contributed by atoms with Gasteiger partial charge in [0.1, 0.15) is 13.2 Å². The van der Waals surface area contributed by atoms with E-state index in [1.165, 1.54) is 44.9 Å². The van der Waals surface area contributed by atoms with Crippen molar-refractivity contribution in [3.8, 4) is 0 Å². The van der Waals surface area contributed by atoms with E-state index in [4.69, 9.17) is 14.2 Å². The van der Waals surface area contributed by atoms with Crippen LogP contribution in [0.1, 0.15) is 201 Å². The van der Waals surface area contributed by atoms with E-state index in [2.05, 4.69) is 130 Å². The van der Waals surface area contributed by atoms with Crippen molar-refractivity contribution in [2.24, 2.45) is 0 Å². The Labute approximate surface area is 374 Å². The number of hydrogen-bond acceptors (Lipinski definition) is 6. The van der Waals surface area contributed by atoms with E-state index in [9.17, 15) is 14.4 Å². The molecule has 6 nitrogen and oxygen atoms in total. The zero-order chi connectivity index (χ0) is 44.4. The predicted molar refractivity (Wildman–Crippen MR) is 260 cm³/mol. The largest absolute Gasteiger partial charge is 0.462 e. The summed E-state index contributed by atoms with van der Waals surface area (Å²) in [6.45, 7) is 6.34. The van der Waals surface area contributed by atoms with Crippen molar-refractivity contribution in [3.63, 3.8) is 0 Å². The molecule has 0 heterocycles. The van der Waals surface area contributed by atoms with Crippen molar-refractivity contribution in [2.45, 2.75) is 207 Å². The zero-order valence-corrected chi connectivity index (χ0v) is 39.1. The lowest BCUT2D eigenvalue weighted by Gasteiger charge is -2.18. The molecule has 0 unspecified atom stereocenters. The Morgan fingerprint density at radius 3 is 1.16 bits per heavy atom. The lowest BCUT2D eigenvalue weighted by atomic mass is 10.1. The molecule has 0 radical (unpaired) electrons. The number of carbonyl (C=O) groups is 3. The van der Waals surface area contributed by atoms with Gasteiger partial charge in [0.2, 0.25) is 0 Å². The van der Waals surface area contributed by atoms with Crippen LogP contribution in [-0.4, -0.2) is 37.2 Å². The fourth-order valence-corrected chi connectivity index (χ4v) is 6.05. The van der Waals surface area contributed by atoms with Crippen LogP contribution >= 0.6 is 0 Å². The van der Waals surface area contributed by atoms with Crippen molar-refractivity contribution < 1.29 is 28.6 Å². The molecule has 0 aliphatic heterocycles. The van der Waals surface area contributed by atoms with Crippen LogP contribution < -0.4 is 0 Å². The Bertz CT molecular complexity index is 1290. The molecule has 0 saturated carbocycles. The van der Waals surface area contributed by atoms with Gasteiger partial charge in [-0.2, -0.15) is 0 Å². The van der Waals surface area contributed by atoms with Crippen LogP contribution in [-0.2, 0) is 28.6 Å². The zero-order valence-electron chi connectivity index (χ0n) is 39.1. The van der Waals surface area contributed by atoms with Crippen LogP contribution in [0.4, 0.5) is 0 Å². The number of rotatable bonds is 42. The van der Waals surface area contributed by atoms with Gasteiger partial charge < -0.3 is 14.2 Å². The van der Waals surface area contributed by atoms with E-state index in [0.717, 1.165) is 103 Å². The third-order valence-corrected chi connectivity index (χ3v) is 9.73. The standard InChI is InChI=1S/C55H88O6/c1-4-7-10-13-16-19-22-24-26-27-29-31-34-36-39-42-45-48-54(57)60-51-52(61-55(58)49-46-43-40-37-32-21-18-15-12-9-6-3)50-59-53(56)47-44-41-38-35-33-30-28-25-23-20-17-14-11-8-5-2/h7,10,15-20,24-26,28-29,31,33,35-36,39,52H,4-6,8-9,11-14,21-23,27,30,32,34,37-38,40-51H2,1-3H3/b10-7-,18-15-,19-16-,20-17-,26-24-,28-25-,31-29-,35-33-,39-36-/t52-/m0/s1. The molecule has 0 saturated heterocycles. The average Bonchev–Trinajstić information content (AvgIpc) is 3.26. The summed E-state index contributed by atoms with van der Waals surface area (Å²) in [4.78, 5) is 37.8. The van der Waals surface area contributed by atoms with Crippen molar-refractivity contribution in [1.29, 1.82) is 0 Å². The average molecular weight is 845 g/mol. The Morgan fingerprint density at radius 1 is 0.344 bits per heavy atom. The lowest BCUT2D eigenvalue weighted by molar-refractivity contribution is -0.167. The highest BCUT2D eigenvalue weighted by atomic mass is 16.6. The van der Waals surface area contributed by atoms with Gasteiger partial charge in [0, 0.05) is 19.3 Å². The SMILES string of the molecule is CC/C=C\C/C=C\C/C=C\C/C=C\C/C=C\CCCC(=O)OC[C@H](COC(=O)CCCC/C=C\C/C=C\C/C=C\CCCCC)OC(=O)CCCCCCC/C=C\CCCC. The summed E-state index contributed by atoms with van der Waals surface area (Å²) in [6.07, 6.45) is 65.0. The van der Waals surface area contributed by atoms with Crippen LogP contribution in [0.2, 0.25) is 0 Å². The smallest absolute Gasteiger partial charge is 0.306 e. The Kier molecular flexibility index (Phi) is 45.6. The van der Waals surface area contributed by atoms with Gasteiger partial charge >= 0.3 is 17.9 Å². The number of allylic oxidation sites excluding steroid dienone is 18. The summed E-state index contributed by atoms with van der Waals surface area (Å²) in [7, 11) is 0. The van der Waals surface area contributed by atoms with E-state index < -0.39 is 6.10 Å². The summed E-state index contributed by atoms with van der Waals surface area (Å²) in [6, 6.07) is 0. The van der Waals surface area contributed by atoms with E-state index in [1.54, 1.807) is 0 Å². The molecule has 344 valence electrons. The highest BCUT2D eigenvalue weighted by Gasteiger charge is 2.19. The molecule has 61 heavy (non-hydrogen) atoms. The number of esters is 3. The minimum atomic E-state index is -0.821. The fraction of sp³-hybridized carbons (Fsp3) is 0.618. The van der Waals surface area contributed by atoms with E-state index in [1.807, 2.05) is 0 Å². The van der Waals surface area contributed by atoms with Crippen molar-refractivity contribution >= 4 is 17.9 Å². The van der Waals surface area contributed by atoms with Crippen molar-refractivity contribution in [1.82, 2.24) is 0 Å². The van der Waals surface area contributed by atoms with E-state index in [0.29, 0.717) is 25.7 Å². The molecule has 0 aliphatic rings. The molecule has 1 atom stereocenters. The number of ether oxygens (including phenoxy) is 3. The van der Waals surface area contributed by atoms with Crippen LogP contribution in [0.15, 0.2) is 109 Å². The Hall–Kier alpha value is -3.93. The van der Waals surface area contributed by atoms with Gasteiger partial charge in [-0.25, -0.2) is 0 Å². The molecule has 0 fully saturated rings. The molecule has 0 aromatic rings. The summed E-state index contributed by atoms with van der Waals surface area (Å²) >= 11 is 0. The van der Waals surface area contributed by atoms with E-state index >= 15 is 0 Å². The summed E-state index contributed by atoms with van der Waals surface area (Å²) in [5.74, 6) is -1.03. The molecular weight excluding hydrogens is 757 g/mol. The number of hydrogen-bond donors (Lipinski definition) is 0. The maximum Gasteiger partial charge on any atom is 0.306 e. The number of carbonyl (C=O) groups excluding carboxylic acids is 3. The maximum atomic E-state index is 12.7. The first kappa shape index (κ1) is 57.1. The van der Waals surface area contributed by atoms with Gasteiger partial charge in [-0.15, -0.1) is 0 Å². The minimum absolute atomic E-state index is 0.121. The quantitative estimate of drug-likeness (QED) is 0.0264. The minimum Gasteiger partial charge on any atom is -0.462 e. The third kappa shape index (κ3) is 47.0. The molecule has 0 amide bonds. The van der Waals surface area contributed by atoms with Gasteiger partial charge in [-0.3, -0.25) is 14.4 Å². The first-order valence-corrected chi connectivity index (χ1v) is 24.4. The van der Waals surface area contributed by atoms with Gasteiger partial charge in [0.25, 0.3) is 0 Å². The van der Waals surface area contributed by atoms with Gasteiger partial charge in [-0.05, 0) is 116 Å². The summed E-state index contributed by atoms with van der Waals surface area (Å²) < 4.78 is 16.7.